The van der Waals surface area contributed by atoms with Gasteiger partial charge in [0.2, 0.25) is 6.86 Å². The first-order chi connectivity index (χ1) is 12.6. The van der Waals surface area contributed by atoms with Gasteiger partial charge in [0.05, 0.1) is 0 Å². The fourth-order valence-corrected chi connectivity index (χ4v) is 4.01. The average molecular weight is 362 g/mol. The summed E-state index contributed by atoms with van der Waals surface area (Å²) in [6, 6.07) is 11.4. The van der Waals surface area contributed by atoms with Crippen LogP contribution >= 0.6 is 0 Å². The van der Waals surface area contributed by atoms with E-state index in [1.54, 1.807) is 0 Å². The molecule has 4 heteroatoms. The standard InChI is InChI=1S/C22H25F3O/c1-2-3-15-4-6-16(7-5-15)17-8-10-18(11-9-17)19-12-20(24)22(26-14-23)21(25)13-19/h4-7,12-13,17-18H,2-3,8-11,14H2,1H3. The minimum Gasteiger partial charge on any atom is -0.457 e. The van der Waals surface area contributed by atoms with Gasteiger partial charge in [0.1, 0.15) is 0 Å². The van der Waals surface area contributed by atoms with Crippen LogP contribution in [-0.4, -0.2) is 6.86 Å². The van der Waals surface area contributed by atoms with Gasteiger partial charge in [-0.2, -0.15) is 0 Å². The molecule has 0 radical (unpaired) electrons. The van der Waals surface area contributed by atoms with Crippen LogP contribution in [0.2, 0.25) is 0 Å². The van der Waals surface area contributed by atoms with Crippen molar-refractivity contribution in [1.82, 2.24) is 0 Å². The Kier molecular flexibility index (Phi) is 6.23. The highest BCUT2D eigenvalue weighted by atomic mass is 19.1. The highest BCUT2D eigenvalue weighted by Crippen LogP contribution is 2.41. The zero-order valence-corrected chi connectivity index (χ0v) is 15.1. The lowest BCUT2D eigenvalue weighted by atomic mass is 9.76. The molecule has 0 spiro atoms. The van der Waals surface area contributed by atoms with Crippen molar-refractivity contribution in [3.05, 3.63) is 64.7 Å². The Bertz CT molecular complexity index is 696. The Balaban J connectivity index is 1.65. The van der Waals surface area contributed by atoms with Gasteiger partial charge in [-0.3, -0.25) is 0 Å². The monoisotopic (exact) mass is 362 g/mol. The number of halogens is 3. The fourth-order valence-electron chi connectivity index (χ4n) is 4.01. The van der Waals surface area contributed by atoms with E-state index >= 15 is 0 Å². The zero-order valence-electron chi connectivity index (χ0n) is 15.1. The number of hydrogen-bond acceptors (Lipinski definition) is 1. The van der Waals surface area contributed by atoms with Crippen molar-refractivity contribution in [3.8, 4) is 5.75 Å². The molecule has 26 heavy (non-hydrogen) atoms. The number of hydrogen-bond donors (Lipinski definition) is 0. The van der Waals surface area contributed by atoms with Crippen molar-refractivity contribution >= 4 is 0 Å². The van der Waals surface area contributed by atoms with Crippen LogP contribution in [0.4, 0.5) is 13.2 Å². The molecule has 1 saturated carbocycles. The topological polar surface area (TPSA) is 9.23 Å². The van der Waals surface area contributed by atoms with Crippen LogP contribution in [0.25, 0.3) is 0 Å². The molecule has 0 N–H and O–H groups in total. The molecule has 0 aromatic heterocycles. The number of alkyl halides is 1. The van der Waals surface area contributed by atoms with E-state index in [4.69, 9.17) is 0 Å². The molecule has 0 saturated heterocycles. The predicted octanol–water partition coefficient (Wildman–Crippen LogP) is 6.66. The molecular formula is C22H25F3O. The Morgan fingerprint density at radius 1 is 0.885 bits per heavy atom. The van der Waals surface area contributed by atoms with Crippen molar-refractivity contribution in [2.45, 2.75) is 57.3 Å². The minimum absolute atomic E-state index is 0.133. The van der Waals surface area contributed by atoms with Crippen molar-refractivity contribution in [3.63, 3.8) is 0 Å². The summed E-state index contributed by atoms with van der Waals surface area (Å²) in [5, 5.41) is 0. The SMILES string of the molecule is CCCc1ccc(C2CCC(c3cc(F)c(OCF)c(F)c3)CC2)cc1. The average Bonchev–Trinajstić information content (AvgIpc) is 2.66. The van der Waals surface area contributed by atoms with Gasteiger partial charge in [-0.1, -0.05) is 37.6 Å². The molecule has 3 rings (SSSR count). The third-order valence-electron chi connectivity index (χ3n) is 5.41. The molecule has 0 unspecified atom stereocenters. The molecule has 140 valence electrons. The Labute approximate surface area is 153 Å². The molecule has 0 heterocycles. The summed E-state index contributed by atoms with van der Waals surface area (Å²) in [6.07, 6.45) is 6.04. The van der Waals surface area contributed by atoms with E-state index in [1.807, 2.05) is 0 Å². The van der Waals surface area contributed by atoms with Crippen molar-refractivity contribution in [2.24, 2.45) is 0 Å². The van der Waals surface area contributed by atoms with Gasteiger partial charge in [0, 0.05) is 0 Å². The largest absolute Gasteiger partial charge is 0.457 e. The van der Waals surface area contributed by atoms with Gasteiger partial charge >= 0.3 is 0 Å². The number of benzene rings is 2. The van der Waals surface area contributed by atoms with Crippen molar-refractivity contribution in [2.75, 3.05) is 6.86 Å². The van der Waals surface area contributed by atoms with Crippen LogP contribution in [0.3, 0.4) is 0 Å². The molecule has 2 aromatic rings. The Morgan fingerprint density at radius 3 is 1.92 bits per heavy atom. The van der Waals surface area contributed by atoms with E-state index in [0.29, 0.717) is 11.5 Å². The number of aryl methyl sites for hydroxylation is 1. The molecule has 1 nitrogen and oxygen atoms in total. The van der Waals surface area contributed by atoms with Gasteiger partial charge < -0.3 is 4.74 Å². The minimum atomic E-state index is -1.24. The zero-order chi connectivity index (χ0) is 18.5. The summed E-state index contributed by atoms with van der Waals surface area (Å²) >= 11 is 0. The van der Waals surface area contributed by atoms with Crippen molar-refractivity contribution < 1.29 is 17.9 Å². The van der Waals surface area contributed by atoms with Crippen molar-refractivity contribution in [1.29, 1.82) is 0 Å². The summed E-state index contributed by atoms with van der Waals surface area (Å²) in [6.45, 7) is 0.937. The second-order valence-electron chi connectivity index (χ2n) is 7.11. The second-order valence-corrected chi connectivity index (χ2v) is 7.11. The molecule has 1 aliphatic rings. The van der Waals surface area contributed by atoms with Crippen LogP contribution in [0.5, 0.6) is 5.75 Å². The van der Waals surface area contributed by atoms with E-state index < -0.39 is 24.2 Å². The first-order valence-corrected chi connectivity index (χ1v) is 9.39. The molecule has 0 atom stereocenters. The predicted molar refractivity (Wildman–Crippen MR) is 97.3 cm³/mol. The molecule has 2 aromatic carbocycles. The first kappa shape index (κ1) is 18.8. The van der Waals surface area contributed by atoms with Gasteiger partial charge in [-0.15, -0.1) is 0 Å². The van der Waals surface area contributed by atoms with E-state index in [9.17, 15) is 13.2 Å². The van der Waals surface area contributed by atoms with Gasteiger partial charge in [-0.05, 0) is 72.8 Å². The molecular weight excluding hydrogens is 337 g/mol. The molecule has 1 aliphatic carbocycles. The van der Waals surface area contributed by atoms with Gasteiger partial charge in [0.15, 0.2) is 17.4 Å². The summed E-state index contributed by atoms with van der Waals surface area (Å²) < 4.78 is 44.5. The van der Waals surface area contributed by atoms with Crippen LogP contribution in [0.1, 0.15) is 67.6 Å². The van der Waals surface area contributed by atoms with E-state index in [0.717, 1.165) is 38.5 Å². The van der Waals surface area contributed by atoms with Gasteiger partial charge in [-0.25, -0.2) is 13.2 Å². The van der Waals surface area contributed by atoms with E-state index in [2.05, 4.69) is 35.9 Å². The van der Waals surface area contributed by atoms with E-state index in [1.165, 1.54) is 23.3 Å². The normalized spacial score (nSPS) is 20.2. The number of rotatable bonds is 6. The van der Waals surface area contributed by atoms with Crippen LogP contribution in [-0.2, 0) is 6.42 Å². The smallest absolute Gasteiger partial charge is 0.228 e. The van der Waals surface area contributed by atoms with Gasteiger partial charge in [0.25, 0.3) is 0 Å². The number of ether oxygens (including phenoxy) is 1. The summed E-state index contributed by atoms with van der Waals surface area (Å²) in [4.78, 5) is 0. The highest BCUT2D eigenvalue weighted by molar-refractivity contribution is 5.34. The maximum atomic E-state index is 14.0. The molecule has 0 bridgehead atoms. The lowest BCUT2D eigenvalue weighted by Gasteiger charge is -2.29. The summed E-state index contributed by atoms with van der Waals surface area (Å²) in [5.74, 6) is -1.64. The summed E-state index contributed by atoms with van der Waals surface area (Å²) in [7, 11) is 0. The maximum Gasteiger partial charge on any atom is 0.228 e. The molecule has 0 aliphatic heterocycles. The third kappa shape index (κ3) is 4.22. The highest BCUT2D eigenvalue weighted by Gasteiger charge is 2.25. The lowest BCUT2D eigenvalue weighted by Crippen LogP contribution is -2.13. The van der Waals surface area contributed by atoms with Crippen LogP contribution in [0, 0.1) is 11.6 Å². The molecule has 0 amide bonds. The summed E-state index contributed by atoms with van der Waals surface area (Å²) in [5.41, 5.74) is 3.36. The lowest BCUT2D eigenvalue weighted by molar-refractivity contribution is 0.176. The van der Waals surface area contributed by atoms with Crippen LogP contribution < -0.4 is 4.74 Å². The molecule has 1 fully saturated rings. The van der Waals surface area contributed by atoms with E-state index in [-0.39, 0.29) is 5.92 Å². The van der Waals surface area contributed by atoms with Crippen LogP contribution in [0.15, 0.2) is 36.4 Å². The Morgan fingerprint density at radius 2 is 1.42 bits per heavy atom. The quantitative estimate of drug-likeness (QED) is 0.558. The third-order valence-corrected chi connectivity index (χ3v) is 5.41. The Hall–Kier alpha value is -1.97. The fraction of sp³-hybridized carbons (Fsp3) is 0.455. The first-order valence-electron chi connectivity index (χ1n) is 9.39. The second kappa shape index (κ2) is 8.61. The maximum absolute atomic E-state index is 14.0.